The molecule has 0 heterocycles. The van der Waals surface area contributed by atoms with Crippen molar-refractivity contribution in [2.75, 3.05) is 10.6 Å². The van der Waals surface area contributed by atoms with E-state index in [0.717, 1.165) is 16.8 Å². The Morgan fingerprint density at radius 1 is 0.917 bits per heavy atom. The van der Waals surface area contributed by atoms with Gasteiger partial charge in [-0.1, -0.05) is 35.9 Å². The van der Waals surface area contributed by atoms with Crippen LogP contribution < -0.4 is 10.6 Å². The molecule has 0 spiro atoms. The number of aryl methyl sites for hydroxylation is 1. The molecular formula is C19H19ClN2O2. The fourth-order valence-electron chi connectivity index (χ4n) is 2.62. The third kappa shape index (κ3) is 3.02. The van der Waals surface area contributed by atoms with E-state index in [0.29, 0.717) is 23.6 Å². The second-order valence-corrected chi connectivity index (χ2v) is 6.62. The van der Waals surface area contributed by atoms with Crippen molar-refractivity contribution in [3.05, 3.63) is 58.6 Å². The van der Waals surface area contributed by atoms with E-state index in [1.54, 1.807) is 18.2 Å². The molecule has 0 bridgehead atoms. The second-order valence-electron chi connectivity index (χ2n) is 6.22. The van der Waals surface area contributed by atoms with Gasteiger partial charge in [-0.2, -0.15) is 0 Å². The summed E-state index contributed by atoms with van der Waals surface area (Å²) in [4.78, 5) is 25.3. The summed E-state index contributed by atoms with van der Waals surface area (Å²) in [6.07, 6.45) is 1.10. The molecule has 0 unspecified atom stereocenters. The average Bonchev–Trinajstić information content (AvgIpc) is 3.36. The lowest BCUT2D eigenvalue weighted by atomic mass is 10.0. The smallest absolute Gasteiger partial charge is 0.240 e. The molecule has 0 saturated heterocycles. The Hall–Kier alpha value is -2.33. The standard InChI is InChI=1S/C19H19ClN2O2/c1-12-6-3-4-8-15(12)21-17(23)19(10-11-19)18(24)22-16-9-5-7-14(20)13(16)2/h3-9H,10-11H2,1-2H3,(H,21,23)(H,22,24). The molecule has 0 atom stereocenters. The molecule has 0 aliphatic heterocycles. The van der Waals surface area contributed by atoms with E-state index in [1.165, 1.54) is 0 Å². The quantitative estimate of drug-likeness (QED) is 0.813. The van der Waals surface area contributed by atoms with Crippen LogP contribution in [0.3, 0.4) is 0 Å². The number of rotatable bonds is 4. The van der Waals surface area contributed by atoms with E-state index >= 15 is 0 Å². The van der Waals surface area contributed by atoms with Gasteiger partial charge in [0.25, 0.3) is 0 Å². The molecule has 2 amide bonds. The molecule has 24 heavy (non-hydrogen) atoms. The average molecular weight is 343 g/mol. The Labute approximate surface area is 146 Å². The van der Waals surface area contributed by atoms with Gasteiger partial charge in [-0.25, -0.2) is 0 Å². The zero-order valence-corrected chi connectivity index (χ0v) is 14.4. The highest BCUT2D eigenvalue weighted by atomic mass is 35.5. The summed E-state index contributed by atoms with van der Waals surface area (Å²) in [7, 11) is 0. The minimum atomic E-state index is -0.989. The Bertz CT molecular complexity index is 813. The zero-order valence-electron chi connectivity index (χ0n) is 13.7. The second kappa shape index (κ2) is 6.29. The highest BCUT2D eigenvalue weighted by Crippen LogP contribution is 2.47. The van der Waals surface area contributed by atoms with Gasteiger partial charge in [-0.3, -0.25) is 9.59 Å². The topological polar surface area (TPSA) is 58.2 Å². The van der Waals surface area contributed by atoms with Crippen LogP contribution in [-0.2, 0) is 9.59 Å². The molecule has 5 heteroatoms. The molecule has 0 aromatic heterocycles. The summed E-state index contributed by atoms with van der Waals surface area (Å²) in [5, 5.41) is 6.32. The van der Waals surface area contributed by atoms with Crippen molar-refractivity contribution in [2.24, 2.45) is 5.41 Å². The molecular weight excluding hydrogens is 324 g/mol. The maximum absolute atomic E-state index is 12.7. The number of benzene rings is 2. The predicted molar refractivity (Wildman–Crippen MR) is 96.3 cm³/mol. The van der Waals surface area contributed by atoms with Crippen LogP contribution in [0.2, 0.25) is 5.02 Å². The van der Waals surface area contributed by atoms with Crippen LogP contribution in [0.25, 0.3) is 0 Å². The molecule has 3 rings (SSSR count). The van der Waals surface area contributed by atoms with Crippen LogP contribution in [0.4, 0.5) is 11.4 Å². The van der Waals surface area contributed by atoms with E-state index in [-0.39, 0.29) is 11.8 Å². The largest absolute Gasteiger partial charge is 0.325 e. The SMILES string of the molecule is Cc1ccccc1NC(=O)C1(C(=O)Nc2cccc(Cl)c2C)CC1. The fraction of sp³-hybridized carbons (Fsp3) is 0.263. The molecule has 2 N–H and O–H groups in total. The van der Waals surface area contributed by atoms with Crippen molar-refractivity contribution < 1.29 is 9.59 Å². The Balaban J connectivity index is 1.76. The number of hydrogen-bond donors (Lipinski definition) is 2. The van der Waals surface area contributed by atoms with Gasteiger partial charge < -0.3 is 10.6 Å². The lowest BCUT2D eigenvalue weighted by molar-refractivity contribution is -0.131. The number of hydrogen-bond acceptors (Lipinski definition) is 2. The Kier molecular flexibility index (Phi) is 4.33. The van der Waals surface area contributed by atoms with Gasteiger partial charge in [0, 0.05) is 16.4 Å². The number of anilines is 2. The van der Waals surface area contributed by atoms with Crippen molar-refractivity contribution in [3.8, 4) is 0 Å². The number of para-hydroxylation sites is 1. The summed E-state index contributed by atoms with van der Waals surface area (Å²) in [6.45, 7) is 3.76. The van der Waals surface area contributed by atoms with Gasteiger partial charge in [0.15, 0.2) is 0 Å². The minimum Gasteiger partial charge on any atom is -0.325 e. The van der Waals surface area contributed by atoms with Crippen molar-refractivity contribution in [3.63, 3.8) is 0 Å². The number of halogens is 1. The van der Waals surface area contributed by atoms with Crippen LogP contribution >= 0.6 is 11.6 Å². The van der Waals surface area contributed by atoms with Crippen molar-refractivity contribution in [2.45, 2.75) is 26.7 Å². The van der Waals surface area contributed by atoms with Crippen molar-refractivity contribution >= 4 is 34.8 Å². The van der Waals surface area contributed by atoms with E-state index in [1.807, 2.05) is 38.1 Å². The van der Waals surface area contributed by atoms with E-state index in [9.17, 15) is 9.59 Å². The van der Waals surface area contributed by atoms with E-state index in [4.69, 9.17) is 11.6 Å². The molecule has 2 aromatic carbocycles. The van der Waals surface area contributed by atoms with Crippen LogP contribution in [0.1, 0.15) is 24.0 Å². The molecule has 1 saturated carbocycles. The predicted octanol–water partition coefficient (Wildman–Crippen LogP) is 4.31. The van der Waals surface area contributed by atoms with Gasteiger partial charge in [0.1, 0.15) is 5.41 Å². The molecule has 4 nitrogen and oxygen atoms in total. The maximum atomic E-state index is 12.7. The summed E-state index contributed by atoms with van der Waals surface area (Å²) in [5.74, 6) is -0.534. The summed E-state index contributed by atoms with van der Waals surface area (Å²) in [6, 6.07) is 12.9. The molecule has 1 aliphatic rings. The van der Waals surface area contributed by atoms with Gasteiger partial charge in [-0.05, 0) is 56.0 Å². The van der Waals surface area contributed by atoms with Crippen molar-refractivity contribution in [1.29, 1.82) is 0 Å². The fourth-order valence-corrected chi connectivity index (χ4v) is 2.80. The van der Waals surface area contributed by atoms with Gasteiger partial charge in [-0.15, -0.1) is 0 Å². The normalized spacial score (nSPS) is 14.8. The van der Waals surface area contributed by atoms with Crippen molar-refractivity contribution in [1.82, 2.24) is 0 Å². The molecule has 1 aliphatic carbocycles. The summed E-state index contributed by atoms with van der Waals surface area (Å²) >= 11 is 6.08. The maximum Gasteiger partial charge on any atom is 0.240 e. The minimum absolute atomic E-state index is 0.256. The van der Waals surface area contributed by atoms with Crippen LogP contribution in [0.15, 0.2) is 42.5 Å². The number of carbonyl (C=O) groups is 2. The monoisotopic (exact) mass is 342 g/mol. The number of amides is 2. The Morgan fingerprint density at radius 2 is 1.50 bits per heavy atom. The lowest BCUT2D eigenvalue weighted by Gasteiger charge is -2.17. The highest BCUT2D eigenvalue weighted by Gasteiger charge is 2.56. The molecule has 1 fully saturated rings. The van der Waals surface area contributed by atoms with Gasteiger partial charge in [0.2, 0.25) is 11.8 Å². The molecule has 2 aromatic rings. The lowest BCUT2D eigenvalue weighted by Crippen LogP contribution is -2.36. The highest BCUT2D eigenvalue weighted by molar-refractivity contribution is 6.31. The first-order valence-electron chi connectivity index (χ1n) is 7.88. The summed E-state index contributed by atoms with van der Waals surface area (Å²) < 4.78 is 0. The molecule has 0 radical (unpaired) electrons. The van der Waals surface area contributed by atoms with Gasteiger partial charge in [0.05, 0.1) is 0 Å². The van der Waals surface area contributed by atoms with Crippen LogP contribution in [0, 0.1) is 19.3 Å². The third-order valence-electron chi connectivity index (χ3n) is 4.53. The number of nitrogens with one attached hydrogen (secondary N) is 2. The van der Waals surface area contributed by atoms with E-state index in [2.05, 4.69) is 10.6 Å². The van der Waals surface area contributed by atoms with Crippen LogP contribution in [-0.4, -0.2) is 11.8 Å². The van der Waals surface area contributed by atoms with Gasteiger partial charge >= 0.3 is 0 Å². The molecule has 124 valence electrons. The van der Waals surface area contributed by atoms with Crippen LogP contribution in [0.5, 0.6) is 0 Å². The zero-order chi connectivity index (χ0) is 17.3. The Morgan fingerprint density at radius 3 is 2.12 bits per heavy atom. The van der Waals surface area contributed by atoms with E-state index < -0.39 is 5.41 Å². The third-order valence-corrected chi connectivity index (χ3v) is 4.94. The summed E-state index contributed by atoms with van der Waals surface area (Å²) in [5.41, 5.74) is 2.15. The first kappa shape index (κ1) is 16.5. The number of carbonyl (C=O) groups excluding carboxylic acids is 2. The first-order chi connectivity index (χ1) is 11.4. The first-order valence-corrected chi connectivity index (χ1v) is 8.25.